The molecule has 0 saturated heterocycles. The number of hydrogen-bond acceptors (Lipinski definition) is 1. The van der Waals surface area contributed by atoms with Gasteiger partial charge in [-0.25, -0.2) is 0 Å². The molecular formula is C18H18F3NO. The molecule has 2 aromatic rings. The van der Waals surface area contributed by atoms with Crippen molar-refractivity contribution < 1.29 is 18.0 Å². The highest BCUT2D eigenvalue weighted by atomic mass is 19.4. The Bertz CT molecular complexity index is 636. The molecule has 0 aliphatic heterocycles. The Kier molecular flexibility index (Phi) is 5.42. The predicted octanol–water partition coefficient (Wildman–Crippen LogP) is 4.46. The topological polar surface area (TPSA) is 29.1 Å². The fourth-order valence-corrected chi connectivity index (χ4v) is 2.22. The lowest BCUT2D eigenvalue weighted by molar-refractivity contribution is -0.137. The van der Waals surface area contributed by atoms with Gasteiger partial charge >= 0.3 is 6.18 Å². The van der Waals surface area contributed by atoms with Gasteiger partial charge in [0, 0.05) is 11.6 Å². The van der Waals surface area contributed by atoms with Crippen molar-refractivity contribution in [3.63, 3.8) is 0 Å². The molecular weight excluding hydrogens is 303 g/mol. The quantitative estimate of drug-likeness (QED) is 0.866. The Morgan fingerprint density at radius 1 is 1.04 bits per heavy atom. The van der Waals surface area contributed by atoms with Crippen LogP contribution in [0.1, 0.15) is 34.8 Å². The number of aryl methyl sites for hydroxylation is 1. The Balaban J connectivity index is 1.88. The molecule has 0 bridgehead atoms. The van der Waals surface area contributed by atoms with Crippen LogP contribution < -0.4 is 5.32 Å². The number of halogens is 3. The second-order valence-corrected chi connectivity index (χ2v) is 5.47. The molecule has 0 aromatic heterocycles. The number of hydrogen-bond donors (Lipinski definition) is 1. The van der Waals surface area contributed by atoms with Crippen molar-refractivity contribution >= 4 is 5.91 Å². The average molecular weight is 321 g/mol. The first-order chi connectivity index (χ1) is 10.9. The standard InChI is InChI=1S/C18H18F3NO/c1-13(7-8-14-5-3-2-4-6-14)22-17(23)15-9-11-16(12-10-15)18(19,20)21/h2-6,9-13H,7-8H2,1H3,(H,22,23). The molecule has 5 heteroatoms. The van der Waals surface area contributed by atoms with Crippen LogP contribution in [0.15, 0.2) is 54.6 Å². The van der Waals surface area contributed by atoms with E-state index in [1.807, 2.05) is 37.3 Å². The van der Waals surface area contributed by atoms with Gasteiger partial charge in [0.2, 0.25) is 0 Å². The van der Waals surface area contributed by atoms with Crippen molar-refractivity contribution in [3.8, 4) is 0 Å². The predicted molar refractivity (Wildman–Crippen MR) is 83.1 cm³/mol. The molecule has 0 aliphatic carbocycles. The summed E-state index contributed by atoms with van der Waals surface area (Å²) in [6.07, 6.45) is -2.80. The number of rotatable bonds is 5. The van der Waals surface area contributed by atoms with Crippen molar-refractivity contribution in [1.29, 1.82) is 0 Å². The lowest BCUT2D eigenvalue weighted by Crippen LogP contribution is -2.32. The van der Waals surface area contributed by atoms with Crippen molar-refractivity contribution in [3.05, 3.63) is 71.3 Å². The van der Waals surface area contributed by atoms with Crippen LogP contribution in [-0.2, 0) is 12.6 Å². The van der Waals surface area contributed by atoms with Gasteiger partial charge in [-0.1, -0.05) is 30.3 Å². The van der Waals surface area contributed by atoms with Crippen LogP contribution in [0.25, 0.3) is 0 Å². The normalized spacial score (nSPS) is 12.7. The minimum atomic E-state index is -4.39. The van der Waals surface area contributed by atoms with E-state index in [1.165, 1.54) is 17.7 Å². The van der Waals surface area contributed by atoms with Gasteiger partial charge in [0.1, 0.15) is 0 Å². The molecule has 0 radical (unpaired) electrons. The molecule has 0 heterocycles. The maximum absolute atomic E-state index is 12.5. The molecule has 0 aliphatic rings. The Morgan fingerprint density at radius 2 is 1.65 bits per heavy atom. The monoisotopic (exact) mass is 321 g/mol. The van der Waals surface area contributed by atoms with E-state index in [-0.39, 0.29) is 17.5 Å². The summed E-state index contributed by atoms with van der Waals surface area (Å²) < 4.78 is 37.5. The smallest absolute Gasteiger partial charge is 0.350 e. The maximum Gasteiger partial charge on any atom is 0.416 e. The second-order valence-electron chi connectivity index (χ2n) is 5.47. The van der Waals surface area contributed by atoms with Crippen molar-refractivity contribution in [1.82, 2.24) is 5.32 Å². The van der Waals surface area contributed by atoms with E-state index in [0.29, 0.717) is 0 Å². The summed E-state index contributed by atoms with van der Waals surface area (Å²) in [7, 11) is 0. The van der Waals surface area contributed by atoms with Gasteiger partial charge < -0.3 is 5.32 Å². The van der Waals surface area contributed by atoms with Crippen LogP contribution in [0.5, 0.6) is 0 Å². The molecule has 0 saturated carbocycles. The van der Waals surface area contributed by atoms with Crippen LogP contribution >= 0.6 is 0 Å². The lowest BCUT2D eigenvalue weighted by Gasteiger charge is -2.14. The fraction of sp³-hybridized carbons (Fsp3) is 0.278. The van der Waals surface area contributed by atoms with Gasteiger partial charge in [0.25, 0.3) is 5.91 Å². The van der Waals surface area contributed by atoms with Crippen molar-refractivity contribution in [2.75, 3.05) is 0 Å². The van der Waals surface area contributed by atoms with Gasteiger partial charge in [-0.15, -0.1) is 0 Å². The van der Waals surface area contributed by atoms with E-state index in [0.717, 1.165) is 25.0 Å². The SMILES string of the molecule is CC(CCc1ccccc1)NC(=O)c1ccc(C(F)(F)F)cc1. The Hall–Kier alpha value is -2.30. The van der Waals surface area contributed by atoms with Crippen LogP contribution in [0, 0.1) is 0 Å². The molecule has 1 amide bonds. The van der Waals surface area contributed by atoms with Crippen molar-refractivity contribution in [2.24, 2.45) is 0 Å². The first kappa shape index (κ1) is 17.1. The van der Waals surface area contributed by atoms with Crippen LogP contribution in [0.2, 0.25) is 0 Å². The first-order valence-corrected chi connectivity index (χ1v) is 7.38. The molecule has 122 valence electrons. The average Bonchev–Trinajstić information content (AvgIpc) is 2.53. The molecule has 0 spiro atoms. The molecule has 1 unspecified atom stereocenters. The number of carbonyl (C=O) groups is 1. The molecule has 2 nitrogen and oxygen atoms in total. The zero-order valence-corrected chi connectivity index (χ0v) is 12.7. The summed E-state index contributed by atoms with van der Waals surface area (Å²) in [5.41, 5.74) is 0.652. The first-order valence-electron chi connectivity index (χ1n) is 7.38. The Labute approximate surface area is 133 Å². The third kappa shape index (κ3) is 5.13. The number of nitrogens with one attached hydrogen (secondary N) is 1. The van der Waals surface area contributed by atoms with Gasteiger partial charge in [-0.2, -0.15) is 13.2 Å². The number of alkyl halides is 3. The maximum atomic E-state index is 12.5. The zero-order valence-electron chi connectivity index (χ0n) is 12.7. The minimum Gasteiger partial charge on any atom is -0.350 e. The van der Waals surface area contributed by atoms with Gasteiger partial charge in [-0.05, 0) is 49.6 Å². The summed E-state index contributed by atoms with van der Waals surface area (Å²) in [5.74, 6) is -0.362. The van der Waals surface area contributed by atoms with Gasteiger partial charge in [0.15, 0.2) is 0 Å². The van der Waals surface area contributed by atoms with E-state index in [9.17, 15) is 18.0 Å². The van der Waals surface area contributed by atoms with E-state index >= 15 is 0 Å². The Morgan fingerprint density at radius 3 is 2.22 bits per heavy atom. The van der Waals surface area contributed by atoms with Gasteiger partial charge in [0.05, 0.1) is 5.56 Å². The summed E-state index contributed by atoms with van der Waals surface area (Å²) in [5, 5.41) is 2.80. The van der Waals surface area contributed by atoms with E-state index in [1.54, 1.807) is 0 Å². The number of amides is 1. The lowest BCUT2D eigenvalue weighted by atomic mass is 10.1. The molecule has 1 atom stereocenters. The molecule has 2 aromatic carbocycles. The highest BCUT2D eigenvalue weighted by Crippen LogP contribution is 2.29. The molecule has 0 fully saturated rings. The number of carbonyl (C=O) groups excluding carboxylic acids is 1. The van der Waals surface area contributed by atoms with Crippen LogP contribution in [0.4, 0.5) is 13.2 Å². The van der Waals surface area contributed by atoms with Crippen LogP contribution in [-0.4, -0.2) is 11.9 Å². The minimum absolute atomic E-state index is 0.0648. The summed E-state index contributed by atoms with van der Waals surface area (Å²) in [6, 6.07) is 14.1. The fourth-order valence-electron chi connectivity index (χ4n) is 2.22. The summed E-state index contributed by atoms with van der Waals surface area (Å²) in [4.78, 5) is 12.0. The summed E-state index contributed by atoms with van der Waals surface area (Å²) >= 11 is 0. The zero-order chi connectivity index (χ0) is 16.9. The van der Waals surface area contributed by atoms with Crippen LogP contribution in [0.3, 0.4) is 0 Å². The largest absolute Gasteiger partial charge is 0.416 e. The van der Waals surface area contributed by atoms with E-state index in [4.69, 9.17) is 0 Å². The third-order valence-electron chi connectivity index (χ3n) is 3.56. The van der Waals surface area contributed by atoms with E-state index in [2.05, 4.69) is 5.32 Å². The van der Waals surface area contributed by atoms with E-state index < -0.39 is 11.7 Å². The van der Waals surface area contributed by atoms with Crippen molar-refractivity contribution in [2.45, 2.75) is 32.0 Å². The summed E-state index contributed by atoms with van der Waals surface area (Å²) in [6.45, 7) is 1.88. The highest BCUT2D eigenvalue weighted by Gasteiger charge is 2.30. The van der Waals surface area contributed by atoms with Gasteiger partial charge in [-0.3, -0.25) is 4.79 Å². The molecule has 2 rings (SSSR count). The highest BCUT2D eigenvalue weighted by molar-refractivity contribution is 5.94. The number of benzene rings is 2. The second kappa shape index (κ2) is 7.31. The third-order valence-corrected chi connectivity index (χ3v) is 3.56. The molecule has 1 N–H and O–H groups in total. The molecule has 23 heavy (non-hydrogen) atoms.